The summed E-state index contributed by atoms with van der Waals surface area (Å²) in [5.41, 5.74) is 2.38. The van der Waals surface area contributed by atoms with Gasteiger partial charge < -0.3 is 9.88 Å². The number of aromatic nitrogens is 1. The van der Waals surface area contributed by atoms with E-state index in [4.69, 9.17) is 0 Å². The van der Waals surface area contributed by atoms with Crippen molar-refractivity contribution >= 4 is 5.91 Å². The minimum atomic E-state index is -0.266. The third-order valence-electron chi connectivity index (χ3n) is 2.83. The van der Waals surface area contributed by atoms with Crippen LogP contribution in [0.4, 0.5) is 4.39 Å². The predicted octanol–water partition coefficient (Wildman–Crippen LogP) is 2.97. The highest BCUT2D eigenvalue weighted by Crippen LogP contribution is 2.22. The molecule has 0 saturated heterocycles. The average molecular weight is 260 g/mol. The highest BCUT2D eigenvalue weighted by Gasteiger charge is 2.13. The topological polar surface area (TPSA) is 34.0 Å². The maximum atomic E-state index is 12.9. The molecular weight excluding hydrogens is 243 g/mol. The fourth-order valence-electron chi connectivity index (χ4n) is 1.93. The quantitative estimate of drug-likeness (QED) is 0.904. The van der Waals surface area contributed by atoms with E-state index in [0.717, 1.165) is 11.1 Å². The van der Waals surface area contributed by atoms with Crippen molar-refractivity contribution in [2.45, 2.75) is 19.9 Å². The molecule has 4 heteroatoms. The SMILES string of the molecule is CC(C)NC(=O)c1cc(-c2ccc(F)cc2)cn1C. The summed E-state index contributed by atoms with van der Waals surface area (Å²) >= 11 is 0. The number of halogens is 1. The second-order valence-corrected chi connectivity index (χ2v) is 4.86. The molecule has 0 saturated carbocycles. The van der Waals surface area contributed by atoms with Crippen molar-refractivity contribution in [3.8, 4) is 11.1 Å². The van der Waals surface area contributed by atoms with Crippen molar-refractivity contribution in [3.63, 3.8) is 0 Å². The number of aryl methyl sites for hydroxylation is 1. The van der Waals surface area contributed by atoms with Crippen LogP contribution in [-0.2, 0) is 7.05 Å². The first-order valence-corrected chi connectivity index (χ1v) is 6.20. The Labute approximate surface area is 112 Å². The van der Waals surface area contributed by atoms with Crippen molar-refractivity contribution in [2.75, 3.05) is 0 Å². The van der Waals surface area contributed by atoms with Gasteiger partial charge in [-0.05, 0) is 37.6 Å². The number of nitrogens with one attached hydrogen (secondary N) is 1. The third kappa shape index (κ3) is 3.02. The lowest BCUT2D eigenvalue weighted by molar-refractivity contribution is 0.0935. The first kappa shape index (κ1) is 13.3. The number of hydrogen-bond donors (Lipinski definition) is 1. The molecule has 1 heterocycles. The van der Waals surface area contributed by atoms with Gasteiger partial charge in [0.1, 0.15) is 11.5 Å². The zero-order valence-electron chi connectivity index (χ0n) is 11.3. The van der Waals surface area contributed by atoms with Gasteiger partial charge in [-0.3, -0.25) is 4.79 Å². The molecule has 1 aromatic carbocycles. The van der Waals surface area contributed by atoms with Crippen LogP contribution in [0.3, 0.4) is 0 Å². The van der Waals surface area contributed by atoms with E-state index >= 15 is 0 Å². The Morgan fingerprint density at radius 3 is 2.42 bits per heavy atom. The maximum absolute atomic E-state index is 12.9. The molecule has 3 nitrogen and oxygen atoms in total. The minimum Gasteiger partial charge on any atom is -0.349 e. The van der Waals surface area contributed by atoms with E-state index in [1.165, 1.54) is 12.1 Å². The standard InChI is InChI=1S/C15H17FN2O/c1-10(2)17-15(19)14-8-12(9-18(14)3)11-4-6-13(16)7-5-11/h4-10H,1-3H3,(H,17,19). The van der Waals surface area contributed by atoms with Gasteiger partial charge in [-0.15, -0.1) is 0 Å². The Bertz CT molecular complexity index is 585. The Kier molecular flexibility index (Phi) is 3.69. The van der Waals surface area contributed by atoms with Crippen molar-refractivity contribution in [1.29, 1.82) is 0 Å². The van der Waals surface area contributed by atoms with Gasteiger partial charge in [-0.1, -0.05) is 12.1 Å². The molecule has 0 aliphatic rings. The summed E-state index contributed by atoms with van der Waals surface area (Å²) in [6.07, 6.45) is 1.86. The monoisotopic (exact) mass is 260 g/mol. The second-order valence-electron chi connectivity index (χ2n) is 4.86. The molecule has 1 amide bonds. The number of carbonyl (C=O) groups excluding carboxylic acids is 1. The lowest BCUT2D eigenvalue weighted by Gasteiger charge is -2.08. The number of carbonyl (C=O) groups is 1. The van der Waals surface area contributed by atoms with Crippen LogP contribution >= 0.6 is 0 Å². The zero-order chi connectivity index (χ0) is 14.0. The molecule has 2 aromatic rings. The summed E-state index contributed by atoms with van der Waals surface area (Å²) in [7, 11) is 1.82. The smallest absolute Gasteiger partial charge is 0.268 e. The van der Waals surface area contributed by atoms with Crippen LogP contribution in [-0.4, -0.2) is 16.5 Å². The second kappa shape index (κ2) is 5.26. The van der Waals surface area contributed by atoms with Crippen LogP contribution in [0.25, 0.3) is 11.1 Å². The van der Waals surface area contributed by atoms with Crippen molar-refractivity contribution < 1.29 is 9.18 Å². The van der Waals surface area contributed by atoms with Crippen LogP contribution in [0.5, 0.6) is 0 Å². The fraction of sp³-hybridized carbons (Fsp3) is 0.267. The molecule has 0 bridgehead atoms. The van der Waals surface area contributed by atoms with Crippen molar-refractivity contribution in [2.24, 2.45) is 7.05 Å². The summed E-state index contributed by atoms with van der Waals surface area (Å²) in [4.78, 5) is 12.0. The third-order valence-corrected chi connectivity index (χ3v) is 2.83. The van der Waals surface area contributed by atoms with E-state index in [2.05, 4.69) is 5.32 Å². The van der Waals surface area contributed by atoms with Gasteiger partial charge in [-0.2, -0.15) is 0 Å². The summed E-state index contributed by atoms with van der Waals surface area (Å²) in [6, 6.07) is 8.14. The Balaban J connectivity index is 2.30. The van der Waals surface area contributed by atoms with Gasteiger partial charge in [0.25, 0.3) is 5.91 Å². The molecule has 0 radical (unpaired) electrons. The summed E-state index contributed by atoms with van der Waals surface area (Å²) in [5.74, 6) is -0.372. The average Bonchev–Trinajstić information content (AvgIpc) is 2.71. The molecule has 0 unspecified atom stereocenters. The fourth-order valence-corrected chi connectivity index (χ4v) is 1.93. The van der Waals surface area contributed by atoms with Gasteiger partial charge in [-0.25, -0.2) is 4.39 Å². The lowest BCUT2D eigenvalue weighted by Crippen LogP contribution is -2.31. The van der Waals surface area contributed by atoms with Crippen LogP contribution in [0.1, 0.15) is 24.3 Å². The molecular formula is C15H17FN2O. The zero-order valence-corrected chi connectivity index (χ0v) is 11.3. The van der Waals surface area contributed by atoms with Gasteiger partial charge in [0.15, 0.2) is 0 Å². The van der Waals surface area contributed by atoms with Gasteiger partial charge in [0.2, 0.25) is 0 Å². The molecule has 0 fully saturated rings. The van der Waals surface area contributed by atoms with Crippen LogP contribution in [0.2, 0.25) is 0 Å². The summed E-state index contributed by atoms with van der Waals surface area (Å²) < 4.78 is 14.7. The Morgan fingerprint density at radius 2 is 1.84 bits per heavy atom. The predicted molar refractivity (Wildman–Crippen MR) is 73.4 cm³/mol. The molecule has 1 aromatic heterocycles. The highest BCUT2D eigenvalue weighted by atomic mass is 19.1. The van der Waals surface area contributed by atoms with Crippen LogP contribution in [0, 0.1) is 5.82 Å². The van der Waals surface area contributed by atoms with E-state index in [1.54, 1.807) is 16.7 Å². The first-order chi connectivity index (χ1) is 8.97. The van der Waals surface area contributed by atoms with Gasteiger partial charge in [0.05, 0.1) is 0 Å². The molecule has 2 rings (SSSR count). The molecule has 0 atom stereocenters. The number of rotatable bonds is 3. The Morgan fingerprint density at radius 1 is 1.21 bits per heavy atom. The first-order valence-electron chi connectivity index (χ1n) is 6.20. The van der Waals surface area contributed by atoms with E-state index in [0.29, 0.717) is 5.69 Å². The van der Waals surface area contributed by atoms with E-state index < -0.39 is 0 Å². The number of amides is 1. The van der Waals surface area contributed by atoms with Crippen LogP contribution < -0.4 is 5.32 Å². The largest absolute Gasteiger partial charge is 0.349 e. The van der Waals surface area contributed by atoms with Crippen molar-refractivity contribution in [3.05, 3.63) is 48.0 Å². The highest BCUT2D eigenvalue weighted by molar-refractivity contribution is 5.94. The molecule has 19 heavy (non-hydrogen) atoms. The molecule has 100 valence electrons. The number of nitrogens with zero attached hydrogens (tertiary/aromatic N) is 1. The van der Waals surface area contributed by atoms with Crippen molar-refractivity contribution in [1.82, 2.24) is 9.88 Å². The maximum Gasteiger partial charge on any atom is 0.268 e. The van der Waals surface area contributed by atoms with E-state index in [-0.39, 0.29) is 17.8 Å². The molecule has 0 aliphatic carbocycles. The summed E-state index contributed by atoms with van der Waals surface area (Å²) in [5, 5.41) is 2.85. The molecule has 1 N–H and O–H groups in total. The van der Waals surface area contributed by atoms with Gasteiger partial charge >= 0.3 is 0 Å². The number of benzene rings is 1. The number of hydrogen-bond acceptors (Lipinski definition) is 1. The van der Waals surface area contributed by atoms with Gasteiger partial charge in [0, 0.05) is 24.8 Å². The normalized spacial score (nSPS) is 10.8. The Hall–Kier alpha value is -2.10. The molecule has 0 aliphatic heterocycles. The van der Waals surface area contributed by atoms with E-state index in [9.17, 15) is 9.18 Å². The lowest BCUT2D eigenvalue weighted by atomic mass is 10.1. The van der Waals surface area contributed by atoms with Crippen LogP contribution in [0.15, 0.2) is 36.5 Å². The minimum absolute atomic E-state index is 0.0941. The molecule has 0 spiro atoms. The van der Waals surface area contributed by atoms with E-state index in [1.807, 2.05) is 33.2 Å². The summed E-state index contributed by atoms with van der Waals surface area (Å²) in [6.45, 7) is 3.84.